The van der Waals surface area contributed by atoms with E-state index in [9.17, 15) is 0 Å². The monoisotopic (exact) mass is 226 g/mol. The van der Waals surface area contributed by atoms with Crippen LogP contribution in [0.1, 0.15) is 16.8 Å². The summed E-state index contributed by atoms with van der Waals surface area (Å²) in [4.78, 5) is 8.65. The fraction of sp³-hybridized carbons (Fsp3) is 0.231. The molecule has 3 N–H and O–H groups in total. The van der Waals surface area contributed by atoms with E-state index in [1.165, 1.54) is 5.56 Å². The van der Waals surface area contributed by atoms with Gasteiger partial charge in [-0.2, -0.15) is 0 Å². The molecule has 3 rings (SSSR count). The van der Waals surface area contributed by atoms with E-state index in [2.05, 4.69) is 21.4 Å². The number of aromatic nitrogens is 2. The molecule has 86 valence electrons. The molecule has 17 heavy (non-hydrogen) atoms. The summed E-state index contributed by atoms with van der Waals surface area (Å²) in [5.41, 5.74) is 11.3. The second kappa shape index (κ2) is 3.82. The Morgan fingerprint density at radius 2 is 1.88 bits per heavy atom. The van der Waals surface area contributed by atoms with Crippen molar-refractivity contribution in [1.29, 1.82) is 0 Å². The summed E-state index contributed by atoms with van der Waals surface area (Å²) in [6.45, 7) is 3.74. The van der Waals surface area contributed by atoms with Gasteiger partial charge < -0.3 is 11.1 Å². The van der Waals surface area contributed by atoms with Crippen molar-refractivity contribution in [2.45, 2.75) is 20.0 Å². The van der Waals surface area contributed by atoms with Crippen LogP contribution in [0, 0.1) is 6.92 Å². The number of nitrogen functional groups attached to an aromatic ring is 1. The molecule has 2 aromatic heterocycles. The predicted molar refractivity (Wildman–Crippen MR) is 67.2 cm³/mol. The number of rotatable bonds is 1. The van der Waals surface area contributed by atoms with Gasteiger partial charge in [-0.3, -0.25) is 4.98 Å². The SMILES string of the molecule is Cc1cc(-c2cnc3c(c2)CNC3)cnc1N. The summed E-state index contributed by atoms with van der Waals surface area (Å²) in [6.07, 6.45) is 3.70. The molecule has 4 nitrogen and oxygen atoms in total. The lowest BCUT2D eigenvalue weighted by Crippen LogP contribution is -2.00. The Kier molecular flexibility index (Phi) is 2.30. The van der Waals surface area contributed by atoms with Crippen molar-refractivity contribution in [1.82, 2.24) is 15.3 Å². The Morgan fingerprint density at radius 3 is 2.71 bits per heavy atom. The molecule has 0 aromatic carbocycles. The van der Waals surface area contributed by atoms with E-state index in [1.54, 1.807) is 6.20 Å². The minimum Gasteiger partial charge on any atom is -0.383 e. The molecule has 3 heterocycles. The van der Waals surface area contributed by atoms with Gasteiger partial charge >= 0.3 is 0 Å². The van der Waals surface area contributed by atoms with Gasteiger partial charge in [-0.25, -0.2) is 4.98 Å². The molecule has 0 saturated carbocycles. The summed E-state index contributed by atoms with van der Waals surface area (Å²) in [6, 6.07) is 4.23. The number of aryl methyl sites for hydroxylation is 1. The van der Waals surface area contributed by atoms with Gasteiger partial charge in [0.1, 0.15) is 5.82 Å². The fourth-order valence-electron chi connectivity index (χ4n) is 2.07. The normalized spacial score (nSPS) is 13.7. The Bertz CT molecular complexity index is 578. The molecule has 2 aromatic rings. The van der Waals surface area contributed by atoms with Crippen LogP contribution in [0.4, 0.5) is 5.82 Å². The first kappa shape index (κ1) is 10.2. The standard InChI is InChI=1S/C13H14N4/c1-8-2-9(6-17-13(8)14)10-3-11-4-15-7-12(11)16-5-10/h2-3,5-6,15H,4,7H2,1H3,(H2,14,17). The highest BCUT2D eigenvalue weighted by Crippen LogP contribution is 2.24. The Hall–Kier alpha value is -1.94. The predicted octanol–water partition coefficient (Wildman–Crippen LogP) is 1.64. The van der Waals surface area contributed by atoms with Crippen LogP contribution >= 0.6 is 0 Å². The molecule has 0 radical (unpaired) electrons. The Balaban J connectivity index is 2.06. The molecule has 1 aliphatic rings. The first-order valence-corrected chi connectivity index (χ1v) is 5.65. The van der Waals surface area contributed by atoms with Crippen LogP contribution in [-0.2, 0) is 13.1 Å². The van der Waals surface area contributed by atoms with Crippen molar-refractivity contribution >= 4 is 5.82 Å². The van der Waals surface area contributed by atoms with E-state index in [4.69, 9.17) is 5.73 Å². The van der Waals surface area contributed by atoms with Crippen molar-refractivity contribution in [2.24, 2.45) is 0 Å². The summed E-state index contributed by atoms with van der Waals surface area (Å²) in [7, 11) is 0. The van der Waals surface area contributed by atoms with Gasteiger partial charge in [0.15, 0.2) is 0 Å². The van der Waals surface area contributed by atoms with Crippen molar-refractivity contribution in [2.75, 3.05) is 5.73 Å². The van der Waals surface area contributed by atoms with E-state index in [1.807, 2.05) is 19.2 Å². The third-order valence-corrected chi connectivity index (χ3v) is 3.12. The number of hydrogen-bond acceptors (Lipinski definition) is 4. The highest BCUT2D eigenvalue weighted by atomic mass is 14.9. The van der Waals surface area contributed by atoms with Crippen LogP contribution in [0.3, 0.4) is 0 Å². The summed E-state index contributed by atoms with van der Waals surface area (Å²) < 4.78 is 0. The third-order valence-electron chi connectivity index (χ3n) is 3.12. The maximum atomic E-state index is 5.72. The van der Waals surface area contributed by atoms with E-state index in [-0.39, 0.29) is 0 Å². The van der Waals surface area contributed by atoms with E-state index in [0.29, 0.717) is 5.82 Å². The van der Waals surface area contributed by atoms with Crippen LogP contribution in [0.15, 0.2) is 24.5 Å². The first-order chi connectivity index (χ1) is 8.24. The minimum absolute atomic E-state index is 0.588. The number of nitrogens with zero attached hydrogens (tertiary/aromatic N) is 2. The number of nitrogens with two attached hydrogens (primary N) is 1. The lowest BCUT2D eigenvalue weighted by atomic mass is 10.1. The molecule has 0 atom stereocenters. The van der Waals surface area contributed by atoms with Crippen LogP contribution in [0.5, 0.6) is 0 Å². The zero-order valence-corrected chi connectivity index (χ0v) is 9.70. The molecule has 0 amide bonds. The molecule has 4 heteroatoms. The van der Waals surface area contributed by atoms with E-state index >= 15 is 0 Å². The summed E-state index contributed by atoms with van der Waals surface area (Å²) in [5, 5.41) is 3.29. The van der Waals surface area contributed by atoms with Crippen LogP contribution in [-0.4, -0.2) is 9.97 Å². The zero-order valence-electron chi connectivity index (χ0n) is 9.70. The van der Waals surface area contributed by atoms with Crippen LogP contribution < -0.4 is 11.1 Å². The zero-order chi connectivity index (χ0) is 11.8. The molecular weight excluding hydrogens is 212 g/mol. The average Bonchev–Trinajstić information content (AvgIpc) is 2.79. The van der Waals surface area contributed by atoms with Gasteiger partial charge in [-0.05, 0) is 30.2 Å². The number of fused-ring (bicyclic) bond motifs is 1. The third kappa shape index (κ3) is 1.76. The maximum absolute atomic E-state index is 5.72. The van der Waals surface area contributed by atoms with Gasteiger partial charge in [0.2, 0.25) is 0 Å². The second-order valence-corrected chi connectivity index (χ2v) is 4.36. The van der Waals surface area contributed by atoms with E-state index < -0.39 is 0 Å². The maximum Gasteiger partial charge on any atom is 0.126 e. The van der Waals surface area contributed by atoms with Crippen molar-refractivity contribution in [3.05, 3.63) is 41.3 Å². The van der Waals surface area contributed by atoms with Gasteiger partial charge in [-0.15, -0.1) is 0 Å². The molecular formula is C13H14N4. The highest BCUT2D eigenvalue weighted by molar-refractivity contribution is 5.65. The second-order valence-electron chi connectivity index (χ2n) is 4.36. The largest absolute Gasteiger partial charge is 0.383 e. The number of nitrogens with one attached hydrogen (secondary N) is 1. The van der Waals surface area contributed by atoms with Crippen molar-refractivity contribution in [3.63, 3.8) is 0 Å². The first-order valence-electron chi connectivity index (χ1n) is 5.65. The topological polar surface area (TPSA) is 63.8 Å². The van der Waals surface area contributed by atoms with Gasteiger partial charge in [0.25, 0.3) is 0 Å². The number of anilines is 1. The number of hydrogen-bond donors (Lipinski definition) is 2. The van der Waals surface area contributed by atoms with Gasteiger partial charge in [0, 0.05) is 36.6 Å². The van der Waals surface area contributed by atoms with Crippen LogP contribution in [0.2, 0.25) is 0 Å². The smallest absolute Gasteiger partial charge is 0.126 e. The Morgan fingerprint density at radius 1 is 1.12 bits per heavy atom. The molecule has 0 saturated heterocycles. The summed E-state index contributed by atoms with van der Waals surface area (Å²) in [5.74, 6) is 0.588. The quantitative estimate of drug-likeness (QED) is 0.776. The van der Waals surface area contributed by atoms with Gasteiger partial charge in [0.05, 0.1) is 5.69 Å². The van der Waals surface area contributed by atoms with Gasteiger partial charge in [-0.1, -0.05) is 0 Å². The van der Waals surface area contributed by atoms with Crippen molar-refractivity contribution in [3.8, 4) is 11.1 Å². The van der Waals surface area contributed by atoms with E-state index in [0.717, 1.165) is 35.5 Å². The molecule has 0 bridgehead atoms. The molecule has 0 aliphatic carbocycles. The highest BCUT2D eigenvalue weighted by Gasteiger charge is 2.12. The molecule has 1 aliphatic heterocycles. The summed E-state index contributed by atoms with van der Waals surface area (Å²) >= 11 is 0. The lowest BCUT2D eigenvalue weighted by molar-refractivity contribution is 0.757. The van der Waals surface area contributed by atoms with Crippen molar-refractivity contribution < 1.29 is 0 Å². The molecule has 0 fully saturated rings. The lowest BCUT2D eigenvalue weighted by Gasteiger charge is -2.06. The molecule has 0 unspecified atom stereocenters. The fourth-order valence-corrected chi connectivity index (χ4v) is 2.07. The van der Waals surface area contributed by atoms with Crippen LogP contribution in [0.25, 0.3) is 11.1 Å². The Labute approximate surface area is 99.9 Å². The number of pyridine rings is 2. The minimum atomic E-state index is 0.588. The molecule has 0 spiro atoms. The average molecular weight is 226 g/mol.